The van der Waals surface area contributed by atoms with Gasteiger partial charge in [-0.15, -0.1) is 6.58 Å². The summed E-state index contributed by atoms with van der Waals surface area (Å²) >= 11 is 6.22. The summed E-state index contributed by atoms with van der Waals surface area (Å²) in [4.78, 5) is 39.6. The maximum Gasteiger partial charge on any atom is 0.335 e. The van der Waals surface area contributed by atoms with Crippen molar-refractivity contribution in [1.29, 1.82) is 0 Å². The van der Waals surface area contributed by atoms with Crippen molar-refractivity contribution in [3.05, 3.63) is 118 Å². The number of methoxy groups -OCH3 is 1. The largest absolute Gasteiger partial charge is 0.493 e. The molecule has 1 heterocycles. The fraction of sp³-hybridized carbons (Fsp3) is 0.121. The Labute approximate surface area is 242 Å². The molecule has 0 aromatic heterocycles. The van der Waals surface area contributed by atoms with Gasteiger partial charge in [-0.1, -0.05) is 60.1 Å². The zero-order valence-corrected chi connectivity index (χ0v) is 23.3. The van der Waals surface area contributed by atoms with Crippen LogP contribution in [-0.2, 0) is 22.6 Å². The molecule has 0 radical (unpaired) electrons. The maximum atomic E-state index is 13.4. The molecule has 1 N–H and O–H groups in total. The number of hydrogen-bond acceptors (Lipinski definition) is 5. The molecule has 206 valence electrons. The number of benzene rings is 4. The van der Waals surface area contributed by atoms with Gasteiger partial charge in [-0.3, -0.25) is 14.9 Å². The quantitative estimate of drug-likeness (QED) is 0.144. The minimum atomic E-state index is -0.848. The molecule has 0 saturated carbocycles. The van der Waals surface area contributed by atoms with Gasteiger partial charge in [0.05, 0.1) is 12.8 Å². The first-order valence-corrected chi connectivity index (χ1v) is 13.3. The maximum absolute atomic E-state index is 13.4. The van der Waals surface area contributed by atoms with E-state index < -0.39 is 17.8 Å². The van der Waals surface area contributed by atoms with Crippen molar-refractivity contribution in [3.8, 4) is 11.5 Å². The number of carbonyl (C=O) groups excluding carboxylic acids is 3. The second-order valence-electron chi connectivity index (χ2n) is 9.57. The molecule has 1 aliphatic heterocycles. The normalized spacial score (nSPS) is 14.4. The molecule has 0 spiro atoms. The molecule has 4 amide bonds. The van der Waals surface area contributed by atoms with Crippen LogP contribution in [0, 0.1) is 6.92 Å². The minimum absolute atomic E-state index is 0.210. The first-order valence-electron chi connectivity index (χ1n) is 12.9. The van der Waals surface area contributed by atoms with Crippen molar-refractivity contribution < 1.29 is 23.9 Å². The van der Waals surface area contributed by atoms with Gasteiger partial charge in [0.2, 0.25) is 0 Å². The highest BCUT2D eigenvalue weighted by Crippen LogP contribution is 2.36. The molecule has 1 fully saturated rings. The van der Waals surface area contributed by atoms with E-state index in [0.29, 0.717) is 35.1 Å². The van der Waals surface area contributed by atoms with Gasteiger partial charge in [-0.2, -0.15) is 0 Å². The van der Waals surface area contributed by atoms with E-state index >= 15 is 0 Å². The Kier molecular flexibility index (Phi) is 7.90. The fourth-order valence-electron chi connectivity index (χ4n) is 4.65. The fourth-order valence-corrected chi connectivity index (χ4v) is 4.83. The zero-order valence-electron chi connectivity index (χ0n) is 22.6. The number of amides is 4. The second-order valence-corrected chi connectivity index (χ2v) is 9.97. The van der Waals surface area contributed by atoms with E-state index in [1.807, 2.05) is 25.1 Å². The molecular weight excluding hydrogens is 540 g/mol. The SMILES string of the molecule is C=CCc1cc(/C=C2/C(=O)NC(=O)N(c3ccc(C)c(Cl)c3)C2=O)cc(OC)c1OCc1ccc2ccccc2c1. The predicted octanol–water partition coefficient (Wildman–Crippen LogP) is 6.78. The number of fused-ring (bicyclic) bond motifs is 1. The number of allylic oxidation sites excluding steroid dienone is 1. The Hall–Kier alpha value is -4.88. The van der Waals surface area contributed by atoms with Gasteiger partial charge in [-0.25, -0.2) is 9.69 Å². The number of halogens is 1. The number of carbonyl (C=O) groups is 3. The summed E-state index contributed by atoms with van der Waals surface area (Å²) in [6, 6.07) is 21.7. The number of imide groups is 2. The van der Waals surface area contributed by atoms with Crippen LogP contribution in [0.2, 0.25) is 5.02 Å². The summed E-state index contributed by atoms with van der Waals surface area (Å²) < 4.78 is 11.9. The van der Waals surface area contributed by atoms with Gasteiger partial charge >= 0.3 is 6.03 Å². The lowest BCUT2D eigenvalue weighted by molar-refractivity contribution is -0.122. The van der Waals surface area contributed by atoms with Crippen LogP contribution in [0.25, 0.3) is 16.8 Å². The third-order valence-electron chi connectivity index (χ3n) is 6.76. The molecule has 4 aromatic rings. The van der Waals surface area contributed by atoms with Crippen LogP contribution >= 0.6 is 11.6 Å². The van der Waals surface area contributed by atoms with Gasteiger partial charge in [-0.05, 0) is 77.2 Å². The number of rotatable bonds is 8. The van der Waals surface area contributed by atoms with E-state index in [4.69, 9.17) is 21.1 Å². The molecule has 8 heteroatoms. The average Bonchev–Trinajstić information content (AvgIpc) is 2.96. The van der Waals surface area contributed by atoms with Gasteiger partial charge in [0.15, 0.2) is 11.5 Å². The number of nitrogens with zero attached hydrogens (tertiary/aromatic N) is 1. The molecule has 5 rings (SSSR count). The van der Waals surface area contributed by atoms with Crippen LogP contribution in [0.4, 0.5) is 10.5 Å². The monoisotopic (exact) mass is 566 g/mol. The van der Waals surface area contributed by atoms with Crippen molar-refractivity contribution in [2.45, 2.75) is 20.0 Å². The molecule has 0 atom stereocenters. The molecule has 0 aliphatic carbocycles. The van der Waals surface area contributed by atoms with Gasteiger partial charge in [0.1, 0.15) is 12.2 Å². The minimum Gasteiger partial charge on any atom is -0.493 e. The highest BCUT2D eigenvalue weighted by Gasteiger charge is 2.37. The van der Waals surface area contributed by atoms with E-state index in [1.165, 1.54) is 19.3 Å². The van der Waals surface area contributed by atoms with E-state index in [1.54, 1.807) is 30.3 Å². The summed E-state index contributed by atoms with van der Waals surface area (Å²) in [6.07, 6.45) is 3.61. The topological polar surface area (TPSA) is 84.9 Å². The second kappa shape index (κ2) is 11.7. The number of aryl methyl sites for hydroxylation is 1. The molecule has 1 saturated heterocycles. The first-order chi connectivity index (χ1) is 19.8. The van der Waals surface area contributed by atoms with Crippen LogP contribution in [0.1, 0.15) is 22.3 Å². The highest BCUT2D eigenvalue weighted by molar-refractivity contribution is 6.39. The summed E-state index contributed by atoms with van der Waals surface area (Å²) in [5.74, 6) is -0.595. The number of ether oxygens (including phenoxy) is 2. The summed E-state index contributed by atoms with van der Waals surface area (Å²) in [5, 5.41) is 4.89. The molecule has 7 nitrogen and oxygen atoms in total. The Bertz CT molecular complexity index is 1740. The Balaban J connectivity index is 1.47. The van der Waals surface area contributed by atoms with Crippen LogP contribution in [0.5, 0.6) is 11.5 Å². The van der Waals surface area contributed by atoms with Gasteiger partial charge < -0.3 is 9.47 Å². The van der Waals surface area contributed by atoms with Crippen molar-refractivity contribution in [3.63, 3.8) is 0 Å². The Morgan fingerprint density at radius 2 is 1.76 bits per heavy atom. The van der Waals surface area contributed by atoms with Crippen molar-refractivity contribution in [1.82, 2.24) is 5.32 Å². The van der Waals surface area contributed by atoms with Crippen LogP contribution in [0.15, 0.2) is 91.0 Å². The van der Waals surface area contributed by atoms with Crippen LogP contribution in [0.3, 0.4) is 0 Å². The predicted molar refractivity (Wildman–Crippen MR) is 160 cm³/mol. The Morgan fingerprint density at radius 1 is 0.976 bits per heavy atom. The van der Waals surface area contributed by atoms with Gasteiger partial charge in [0, 0.05) is 10.6 Å². The third kappa shape index (κ3) is 5.71. The van der Waals surface area contributed by atoms with E-state index in [-0.39, 0.29) is 11.3 Å². The number of nitrogens with one attached hydrogen (secondary N) is 1. The lowest BCUT2D eigenvalue weighted by atomic mass is 10.0. The highest BCUT2D eigenvalue weighted by atomic mass is 35.5. The number of hydrogen-bond donors (Lipinski definition) is 1. The van der Waals surface area contributed by atoms with Crippen molar-refractivity contribution in [2.75, 3.05) is 12.0 Å². The average molecular weight is 567 g/mol. The number of barbiturate groups is 1. The molecule has 1 aliphatic rings. The number of urea groups is 1. The van der Waals surface area contributed by atoms with E-state index in [2.05, 4.69) is 36.2 Å². The molecule has 41 heavy (non-hydrogen) atoms. The van der Waals surface area contributed by atoms with Crippen LogP contribution < -0.4 is 19.7 Å². The Morgan fingerprint density at radius 3 is 2.49 bits per heavy atom. The first kappa shape index (κ1) is 27.7. The molecule has 0 unspecified atom stereocenters. The van der Waals surface area contributed by atoms with E-state index in [9.17, 15) is 14.4 Å². The molecule has 4 aromatic carbocycles. The van der Waals surface area contributed by atoms with E-state index in [0.717, 1.165) is 32.4 Å². The molecular formula is C33H27ClN2O5. The summed E-state index contributed by atoms with van der Waals surface area (Å²) in [7, 11) is 1.52. The third-order valence-corrected chi connectivity index (χ3v) is 7.17. The van der Waals surface area contributed by atoms with Crippen LogP contribution in [-0.4, -0.2) is 25.0 Å². The summed E-state index contributed by atoms with van der Waals surface area (Å²) in [5.41, 5.74) is 3.10. The lowest BCUT2D eigenvalue weighted by Gasteiger charge is -2.26. The lowest BCUT2D eigenvalue weighted by Crippen LogP contribution is -2.54. The van der Waals surface area contributed by atoms with Gasteiger partial charge in [0.25, 0.3) is 11.8 Å². The zero-order chi connectivity index (χ0) is 29.1. The van der Waals surface area contributed by atoms with Crippen molar-refractivity contribution in [2.24, 2.45) is 0 Å². The van der Waals surface area contributed by atoms with Crippen molar-refractivity contribution >= 4 is 52.0 Å². The number of anilines is 1. The summed E-state index contributed by atoms with van der Waals surface area (Å²) in [6.45, 7) is 5.97. The standard InChI is InChI=1S/C33H27ClN2O5/c1-4-7-25-15-22(16-27-31(37)35-33(39)36(32(27)38)26-13-10-20(2)28(34)18-26)17-29(40-3)30(25)41-19-21-11-12-23-8-5-6-9-24(23)14-21/h4-6,8-18H,1,7,19H2,2-3H3,(H,35,37,39)/b27-16-. The molecule has 0 bridgehead atoms. The smallest absolute Gasteiger partial charge is 0.335 e.